The van der Waals surface area contributed by atoms with Crippen LogP contribution in [0.25, 0.3) is 12.2 Å². The van der Waals surface area contributed by atoms with E-state index in [0.29, 0.717) is 0 Å². The van der Waals surface area contributed by atoms with Crippen LogP contribution in [0.4, 0.5) is 0 Å². The molecule has 0 aliphatic heterocycles. The van der Waals surface area contributed by atoms with Gasteiger partial charge in [0.1, 0.15) is 0 Å². The maximum atomic E-state index is 4.12. The molecular weight excluding hydrogens is 136 g/mol. The molecule has 2 nitrogen and oxygen atoms in total. The van der Waals surface area contributed by atoms with Crippen molar-refractivity contribution >= 4 is 12.2 Å². The molecule has 56 valence electrons. The summed E-state index contributed by atoms with van der Waals surface area (Å²) in [5, 5.41) is 0. The Bertz CT molecular complexity index is 277. The Hall–Kier alpha value is -1.44. The number of allylic oxidation sites excluding steroid dienone is 1. The van der Waals surface area contributed by atoms with E-state index in [4.69, 9.17) is 0 Å². The highest BCUT2D eigenvalue weighted by Gasteiger charge is 1.93. The van der Waals surface area contributed by atoms with Gasteiger partial charge in [0, 0.05) is 12.4 Å². The van der Waals surface area contributed by atoms with Gasteiger partial charge in [-0.1, -0.05) is 12.7 Å². The number of hydrogen-bond acceptors (Lipinski definition) is 2. The molecule has 0 aliphatic carbocycles. The Kier molecular flexibility index (Phi) is 2.55. The van der Waals surface area contributed by atoms with Crippen LogP contribution in [-0.4, -0.2) is 9.97 Å². The Morgan fingerprint density at radius 3 is 2.45 bits per heavy atom. The van der Waals surface area contributed by atoms with E-state index in [0.717, 1.165) is 11.4 Å². The van der Waals surface area contributed by atoms with Crippen molar-refractivity contribution < 1.29 is 0 Å². The zero-order valence-corrected chi connectivity index (χ0v) is 6.49. The van der Waals surface area contributed by atoms with Crippen molar-refractivity contribution in [2.45, 2.75) is 6.92 Å². The monoisotopic (exact) mass is 146 g/mol. The van der Waals surface area contributed by atoms with Crippen LogP contribution in [0.5, 0.6) is 0 Å². The molecular formula is C9H10N2. The quantitative estimate of drug-likeness (QED) is 0.639. The van der Waals surface area contributed by atoms with Crippen molar-refractivity contribution in [1.29, 1.82) is 0 Å². The molecule has 2 heteroatoms. The lowest BCUT2D eigenvalue weighted by Gasteiger charge is -1.95. The molecule has 0 fully saturated rings. The van der Waals surface area contributed by atoms with Gasteiger partial charge >= 0.3 is 0 Å². The van der Waals surface area contributed by atoms with E-state index in [2.05, 4.69) is 16.5 Å². The number of nitrogens with zero attached hydrogens (tertiary/aromatic N) is 2. The van der Waals surface area contributed by atoms with E-state index in [1.165, 1.54) is 0 Å². The summed E-state index contributed by atoms with van der Waals surface area (Å²) in [4.78, 5) is 8.20. The molecule has 1 aromatic rings. The van der Waals surface area contributed by atoms with Gasteiger partial charge in [-0.05, 0) is 19.1 Å². The summed E-state index contributed by atoms with van der Waals surface area (Å²) in [7, 11) is 0. The summed E-state index contributed by atoms with van der Waals surface area (Å²) >= 11 is 0. The highest BCUT2D eigenvalue weighted by molar-refractivity contribution is 5.57. The second-order valence-electron chi connectivity index (χ2n) is 2.03. The molecule has 0 atom stereocenters. The molecule has 1 rings (SSSR count). The first-order chi connectivity index (χ1) is 5.38. The van der Waals surface area contributed by atoms with Crippen molar-refractivity contribution in [3.63, 3.8) is 0 Å². The van der Waals surface area contributed by atoms with E-state index in [1.54, 1.807) is 18.5 Å². The van der Waals surface area contributed by atoms with Gasteiger partial charge in [0.25, 0.3) is 0 Å². The average molecular weight is 146 g/mol. The van der Waals surface area contributed by atoms with Crippen LogP contribution in [0.3, 0.4) is 0 Å². The molecule has 0 amide bonds. The van der Waals surface area contributed by atoms with Gasteiger partial charge in [0.2, 0.25) is 0 Å². The summed E-state index contributed by atoms with van der Waals surface area (Å²) in [5.74, 6) is 0. The Labute approximate surface area is 66.3 Å². The van der Waals surface area contributed by atoms with Crippen molar-refractivity contribution in [2.24, 2.45) is 0 Å². The second kappa shape index (κ2) is 3.66. The molecule has 0 radical (unpaired) electrons. The minimum atomic E-state index is 0.825. The van der Waals surface area contributed by atoms with E-state index in [-0.39, 0.29) is 0 Å². The fourth-order valence-electron chi connectivity index (χ4n) is 0.803. The molecule has 0 aliphatic rings. The van der Waals surface area contributed by atoms with Gasteiger partial charge < -0.3 is 0 Å². The first-order valence-corrected chi connectivity index (χ1v) is 3.44. The van der Waals surface area contributed by atoms with Gasteiger partial charge in [-0.15, -0.1) is 0 Å². The largest absolute Gasteiger partial charge is 0.253 e. The van der Waals surface area contributed by atoms with Crippen molar-refractivity contribution in [1.82, 2.24) is 9.97 Å². The van der Waals surface area contributed by atoms with Gasteiger partial charge in [-0.2, -0.15) is 0 Å². The van der Waals surface area contributed by atoms with Crippen LogP contribution in [0.1, 0.15) is 18.3 Å². The minimum absolute atomic E-state index is 0.825. The molecule has 0 unspecified atom stereocenters. The summed E-state index contributed by atoms with van der Waals surface area (Å²) in [5.41, 5.74) is 1.69. The highest BCUT2D eigenvalue weighted by atomic mass is 14.8. The molecule has 0 aromatic carbocycles. The molecule has 0 bridgehead atoms. The maximum Gasteiger partial charge on any atom is 0.0883 e. The van der Waals surface area contributed by atoms with Crippen molar-refractivity contribution in [3.05, 3.63) is 36.4 Å². The van der Waals surface area contributed by atoms with E-state index >= 15 is 0 Å². The van der Waals surface area contributed by atoms with E-state index < -0.39 is 0 Å². The molecule has 0 N–H and O–H groups in total. The average Bonchev–Trinajstić information content (AvgIpc) is 2.06. The predicted molar refractivity (Wildman–Crippen MR) is 46.8 cm³/mol. The summed E-state index contributed by atoms with van der Waals surface area (Å²) < 4.78 is 0. The number of hydrogen-bond donors (Lipinski definition) is 0. The summed E-state index contributed by atoms with van der Waals surface area (Å²) in [6.45, 7) is 5.58. The smallest absolute Gasteiger partial charge is 0.0883 e. The first-order valence-electron chi connectivity index (χ1n) is 3.44. The Balaban J connectivity index is 3.11. The lowest BCUT2D eigenvalue weighted by atomic mass is 10.3. The Morgan fingerprint density at radius 2 is 1.91 bits per heavy atom. The topological polar surface area (TPSA) is 25.8 Å². The lowest BCUT2D eigenvalue weighted by molar-refractivity contribution is 1.16. The number of aromatic nitrogens is 2. The zero-order valence-electron chi connectivity index (χ0n) is 6.49. The third-order valence-corrected chi connectivity index (χ3v) is 1.27. The highest BCUT2D eigenvalue weighted by Crippen LogP contribution is 2.04. The fraction of sp³-hybridized carbons (Fsp3) is 0.111. The van der Waals surface area contributed by atoms with Crippen LogP contribution in [-0.2, 0) is 0 Å². The van der Waals surface area contributed by atoms with Gasteiger partial charge in [-0.25, -0.2) is 0 Å². The van der Waals surface area contributed by atoms with Crippen molar-refractivity contribution in [2.75, 3.05) is 0 Å². The van der Waals surface area contributed by atoms with Gasteiger partial charge in [-0.3, -0.25) is 9.97 Å². The zero-order chi connectivity index (χ0) is 8.10. The summed E-state index contributed by atoms with van der Waals surface area (Å²) in [6, 6.07) is 0. The normalized spacial score (nSPS) is 10.3. The van der Waals surface area contributed by atoms with Crippen LogP contribution >= 0.6 is 0 Å². The SMILES string of the molecule is C=Cc1nccnc1/C=C/C. The standard InChI is InChI=1S/C9H10N2/c1-3-5-9-8(4-2)10-6-7-11-9/h3-7H,2H2,1H3/b5-3+. The van der Waals surface area contributed by atoms with Gasteiger partial charge in [0.15, 0.2) is 0 Å². The third kappa shape index (κ3) is 1.74. The number of rotatable bonds is 2. The Morgan fingerprint density at radius 1 is 1.27 bits per heavy atom. The first kappa shape index (κ1) is 7.66. The molecule has 0 spiro atoms. The van der Waals surface area contributed by atoms with E-state index in [1.807, 2.05) is 19.1 Å². The minimum Gasteiger partial charge on any atom is -0.253 e. The van der Waals surface area contributed by atoms with Crippen LogP contribution in [0.2, 0.25) is 0 Å². The molecule has 0 saturated heterocycles. The second-order valence-corrected chi connectivity index (χ2v) is 2.03. The van der Waals surface area contributed by atoms with E-state index in [9.17, 15) is 0 Å². The molecule has 11 heavy (non-hydrogen) atoms. The fourth-order valence-corrected chi connectivity index (χ4v) is 0.803. The van der Waals surface area contributed by atoms with Crippen LogP contribution < -0.4 is 0 Å². The van der Waals surface area contributed by atoms with Crippen LogP contribution in [0, 0.1) is 0 Å². The third-order valence-electron chi connectivity index (χ3n) is 1.27. The predicted octanol–water partition coefficient (Wildman–Crippen LogP) is 2.15. The lowest BCUT2D eigenvalue weighted by Crippen LogP contribution is -1.88. The summed E-state index contributed by atoms with van der Waals surface area (Å²) in [6.07, 6.45) is 8.86. The van der Waals surface area contributed by atoms with Gasteiger partial charge in [0.05, 0.1) is 11.4 Å². The van der Waals surface area contributed by atoms with Crippen LogP contribution in [0.15, 0.2) is 25.0 Å². The maximum absolute atomic E-state index is 4.12. The molecule has 1 aromatic heterocycles. The molecule has 0 saturated carbocycles. The van der Waals surface area contributed by atoms with Crippen molar-refractivity contribution in [3.8, 4) is 0 Å². The molecule has 1 heterocycles.